The van der Waals surface area contributed by atoms with Crippen LogP contribution in [0.1, 0.15) is 54.8 Å². The van der Waals surface area contributed by atoms with Crippen LogP contribution in [-0.2, 0) is 16.0 Å². The highest BCUT2D eigenvalue weighted by Gasteiger charge is 2.39. The fourth-order valence-corrected chi connectivity index (χ4v) is 5.87. The third kappa shape index (κ3) is 4.59. The van der Waals surface area contributed by atoms with Gasteiger partial charge in [0.1, 0.15) is 11.6 Å². The van der Waals surface area contributed by atoms with E-state index in [1.165, 1.54) is 48.4 Å². The fourth-order valence-electron chi connectivity index (χ4n) is 5.87. The van der Waals surface area contributed by atoms with Crippen LogP contribution in [0.15, 0.2) is 60.7 Å². The summed E-state index contributed by atoms with van der Waals surface area (Å²) in [6.45, 7) is 1.99. The number of halogens is 1. The average Bonchev–Trinajstić information content (AvgIpc) is 3.74. The van der Waals surface area contributed by atoms with Crippen LogP contribution in [0.2, 0.25) is 0 Å². The van der Waals surface area contributed by atoms with E-state index in [4.69, 9.17) is 9.47 Å². The molecule has 0 aromatic heterocycles. The number of esters is 1. The van der Waals surface area contributed by atoms with Gasteiger partial charge in [-0.1, -0.05) is 43.3 Å². The van der Waals surface area contributed by atoms with Gasteiger partial charge in [-0.25, -0.2) is 4.39 Å². The summed E-state index contributed by atoms with van der Waals surface area (Å²) >= 11 is 0. The summed E-state index contributed by atoms with van der Waals surface area (Å²) in [6, 6.07) is 20.0. The topological polar surface area (TPSA) is 38.8 Å². The second-order valence-electron chi connectivity index (χ2n) is 10.2. The first-order valence-electron chi connectivity index (χ1n) is 12.8. The number of aryl methyl sites for hydroxylation is 1. The lowest BCUT2D eigenvalue weighted by atomic mass is 9.81. The Bertz CT molecular complexity index is 1250. The highest BCUT2D eigenvalue weighted by atomic mass is 19.1. The molecule has 1 aliphatic heterocycles. The number of ether oxygens (including phenoxy) is 2. The zero-order valence-electron chi connectivity index (χ0n) is 21.5. The Morgan fingerprint density at radius 2 is 1.75 bits per heavy atom. The summed E-state index contributed by atoms with van der Waals surface area (Å²) in [5.74, 6) is 0.824. The van der Waals surface area contributed by atoms with Crippen LogP contribution < -0.4 is 9.64 Å². The Morgan fingerprint density at radius 1 is 1.00 bits per heavy atom. The van der Waals surface area contributed by atoms with E-state index in [0.29, 0.717) is 17.2 Å². The molecule has 0 N–H and O–H groups in total. The molecule has 0 amide bonds. The van der Waals surface area contributed by atoms with Crippen LogP contribution >= 0.6 is 0 Å². The third-order valence-corrected chi connectivity index (χ3v) is 8.05. The van der Waals surface area contributed by atoms with Crippen molar-refractivity contribution in [2.75, 3.05) is 26.2 Å². The van der Waals surface area contributed by atoms with E-state index in [0.717, 1.165) is 18.4 Å². The SMILES string of the molecule is COC(=O)[C@@H](C)C(c1ccc2c(c1)N(C)C(c1ccc(-c3cc(OC)ccc3F)cc1)CC2)C1CC1. The molecule has 5 heteroatoms. The second kappa shape index (κ2) is 9.96. The average molecular weight is 488 g/mol. The van der Waals surface area contributed by atoms with Gasteiger partial charge >= 0.3 is 5.97 Å². The number of nitrogens with zero attached hydrogens (tertiary/aromatic N) is 1. The molecule has 1 heterocycles. The minimum Gasteiger partial charge on any atom is -0.497 e. The molecule has 1 aliphatic carbocycles. The van der Waals surface area contributed by atoms with Crippen LogP contribution in [0, 0.1) is 17.7 Å². The standard InChI is InChI=1S/C31H34FNO3/c1-19(31(34)36-4)30(23-10-11-23)24-12-9-22-13-16-28(33(2)29(22)17-24)21-7-5-20(6-8-21)26-18-25(35-3)14-15-27(26)32/h5-9,12,14-15,17-19,23,28,30H,10-11,13,16H2,1-4H3/t19-,28?,30?/m0/s1. The van der Waals surface area contributed by atoms with Crippen molar-refractivity contribution in [3.05, 3.63) is 83.2 Å². The van der Waals surface area contributed by atoms with E-state index in [1.54, 1.807) is 19.2 Å². The Balaban J connectivity index is 1.41. The molecule has 36 heavy (non-hydrogen) atoms. The quantitative estimate of drug-likeness (QED) is 0.339. The number of fused-ring (bicyclic) bond motifs is 1. The first kappa shape index (κ1) is 24.4. The van der Waals surface area contributed by atoms with E-state index in [2.05, 4.69) is 42.3 Å². The summed E-state index contributed by atoms with van der Waals surface area (Å²) in [6.07, 6.45) is 4.35. The zero-order valence-corrected chi connectivity index (χ0v) is 21.5. The van der Waals surface area contributed by atoms with Crippen molar-refractivity contribution in [2.45, 2.75) is 44.6 Å². The normalized spacial score (nSPS) is 18.8. The molecule has 1 saturated carbocycles. The Hall–Kier alpha value is -3.34. The number of hydrogen-bond acceptors (Lipinski definition) is 4. The molecule has 3 aromatic rings. The molecule has 0 radical (unpaired) electrons. The smallest absolute Gasteiger partial charge is 0.309 e. The maximum Gasteiger partial charge on any atom is 0.309 e. The number of anilines is 1. The third-order valence-electron chi connectivity index (χ3n) is 8.05. The van der Waals surface area contributed by atoms with Gasteiger partial charge in [-0.2, -0.15) is 0 Å². The molecule has 2 aliphatic rings. The van der Waals surface area contributed by atoms with Crippen molar-refractivity contribution < 1.29 is 18.7 Å². The molecule has 3 aromatic carbocycles. The predicted molar refractivity (Wildman–Crippen MR) is 141 cm³/mol. The highest BCUT2D eigenvalue weighted by molar-refractivity contribution is 5.74. The number of carbonyl (C=O) groups excluding carboxylic acids is 1. The Kier molecular flexibility index (Phi) is 6.74. The molecule has 0 saturated heterocycles. The summed E-state index contributed by atoms with van der Waals surface area (Å²) in [5, 5.41) is 0. The Labute approximate surface area is 213 Å². The number of hydrogen-bond donors (Lipinski definition) is 0. The summed E-state index contributed by atoms with van der Waals surface area (Å²) < 4.78 is 24.8. The molecule has 0 spiro atoms. The van der Waals surface area contributed by atoms with Crippen molar-refractivity contribution in [1.29, 1.82) is 0 Å². The Morgan fingerprint density at radius 3 is 2.42 bits per heavy atom. The largest absolute Gasteiger partial charge is 0.497 e. The number of rotatable bonds is 7. The molecular formula is C31H34FNO3. The van der Waals surface area contributed by atoms with Gasteiger partial charge in [0.2, 0.25) is 0 Å². The van der Waals surface area contributed by atoms with Gasteiger partial charge in [0, 0.05) is 18.3 Å². The van der Waals surface area contributed by atoms with E-state index >= 15 is 0 Å². The van der Waals surface area contributed by atoms with Gasteiger partial charge in [0.25, 0.3) is 0 Å². The lowest BCUT2D eigenvalue weighted by Crippen LogP contribution is -2.30. The maximum atomic E-state index is 14.5. The van der Waals surface area contributed by atoms with Crippen molar-refractivity contribution in [3.8, 4) is 16.9 Å². The van der Waals surface area contributed by atoms with Gasteiger partial charge in [-0.3, -0.25) is 4.79 Å². The molecule has 5 rings (SSSR count). The molecule has 3 atom stereocenters. The monoisotopic (exact) mass is 487 g/mol. The van der Waals surface area contributed by atoms with E-state index < -0.39 is 0 Å². The van der Waals surface area contributed by atoms with Crippen molar-refractivity contribution in [2.24, 2.45) is 11.8 Å². The van der Waals surface area contributed by atoms with E-state index in [-0.39, 0.29) is 29.7 Å². The lowest BCUT2D eigenvalue weighted by molar-refractivity contribution is -0.145. The molecular weight excluding hydrogens is 453 g/mol. The van der Waals surface area contributed by atoms with Gasteiger partial charge in [-0.05, 0) is 84.0 Å². The van der Waals surface area contributed by atoms with Crippen LogP contribution in [0.4, 0.5) is 10.1 Å². The van der Waals surface area contributed by atoms with Gasteiger partial charge < -0.3 is 14.4 Å². The molecule has 0 bridgehead atoms. The van der Waals surface area contributed by atoms with Crippen LogP contribution in [0.25, 0.3) is 11.1 Å². The summed E-state index contributed by atoms with van der Waals surface area (Å²) in [5.41, 5.74) is 6.38. The molecule has 1 fully saturated rings. The van der Waals surface area contributed by atoms with Crippen molar-refractivity contribution in [3.63, 3.8) is 0 Å². The fraction of sp³-hybridized carbons (Fsp3) is 0.387. The predicted octanol–water partition coefficient (Wildman–Crippen LogP) is 6.93. The first-order valence-corrected chi connectivity index (χ1v) is 12.8. The van der Waals surface area contributed by atoms with Gasteiger partial charge in [-0.15, -0.1) is 0 Å². The van der Waals surface area contributed by atoms with Crippen LogP contribution in [-0.4, -0.2) is 27.2 Å². The second-order valence-corrected chi connectivity index (χ2v) is 10.2. The summed E-state index contributed by atoms with van der Waals surface area (Å²) in [7, 11) is 5.21. The van der Waals surface area contributed by atoms with Crippen LogP contribution in [0.5, 0.6) is 5.75 Å². The lowest BCUT2D eigenvalue weighted by Gasteiger charge is -2.37. The van der Waals surface area contributed by atoms with E-state index in [9.17, 15) is 9.18 Å². The number of carbonyl (C=O) groups is 1. The highest BCUT2D eigenvalue weighted by Crippen LogP contribution is 2.48. The maximum absolute atomic E-state index is 14.5. The van der Waals surface area contributed by atoms with E-state index in [1.807, 2.05) is 19.1 Å². The minimum atomic E-state index is -0.258. The summed E-state index contributed by atoms with van der Waals surface area (Å²) in [4.78, 5) is 14.7. The molecule has 188 valence electrons. The van der Waals surface area contributed by atoms with Gasteiger partial charge in [0.05, 0.1) is 26.2 Å². The zero-order chi connectivity index (χ0) is 25.4. The van der Waals surface area contributed by atoms with Crippen LogP contribution in [0.3, 0.4) is 0 Å². The van der Waals surface area contributed by atoms with Gasteiger partial charge in [0.15, 0.2) is 0 Å². The molecule has 4 nitrogen and oxygen atoms in total. The first-order chi connectivity index (χ1) is 17.4. The number of benzene rings is 3. The number of methoxy groups -OCH3 is 2. The van der Waals surface area contributed by atoms with Crippen molar-refractivity contribution >= 4 is 11.7 Å². The minimum absolute atomic E-state index is 0.136. The van der Waals surface area contributed by atoms with Crippen molar-refractivity contribution in [1.82, 2.24) is 0 Å². The molecule has 2 unspecified atom stereocenters.